The molecule has 5 nitrogen and oxygen atoms in total. The summed E-state index contributed by atoms with van der Waals surface area (Å²) in [5.74, 6) is 1.12. The summed E-state index contributed by atoms with van der Waals surface area (Å²) < 4.78 is 5.40. The third-order valence-corrected chi connectivity index (χ3v) is 3.57. The van der Waals surface area contributed by atoms with Gasteiger partial charge >= 0.3 is 0 Å². The molecular formula is C16H22N2O3. The minimum Gasteiger partial charge on any atom is -0.494 e. The van der Waals surface area contributed by atoms with Crippen LogP contribution in [0.1, 0.15) is 26.7 Å². The van der Waals surface area contributed by atoms with Gasteiger partial charge in [0, 0.05) is 37.5 Å². The van der Waals surface area contributed by atoms with Gasteiger partial charge in [-0.3, -0.25) is 9.59 Å². The molecule has 5 heteroatoms. The summed E-state index contributed by atoms with van der Waals surface area (Å²) in [5, 5.41) is 2.85. The van der Waals surface area contributed by atoms with Crippen LogP contribution in [-0.4, -0.2) is 31.5 Å². The Morgan fingerprint density at radius 1 is 1.33 bits per heavy atom. The lowest BCUT2D eigenvalue weighted by Crippen LogP contribution is -2.30. The first kappa shape index (κ1) is 15.4. The highest BCUT2D eigenvalue weighted by Gasteiger charge is 2.30. The highest BCUT2D eigenvalue weighted by molar-refractivity contribution is 5.95. The van der Waals surface area contributed by atoms with Crippen LogP contribution in [-0.2, 0) is 9.59 Å². The molecule has 1 saturated heterocycles. The van der Waals surface area contributed by atoms with Crippen LogP contribution < -0.4 is 15.0 Å². The molecule has 1 unspecified atom stereocenters. The van der Waals surface area contributed by atoms with Gasteiger partial charge in [0.2, 0.25) is 11.8 Å². The molecule has 1 N–H and O–H groups in total. The molecule has 2 rings (SSSR count). The Balaban J connectivity index is 1.94. The maximum Gasteiger partial charge on any atom is 0.227 e. The van der Waals surface area contributed by atoms with E-state index in [1.165, 1.54) is 0 Å². The molecular weight excluding hydrogens is 268 g/mol. The molecule has 21 heavy (non-hydrogen) atoms. The molecule has 1 aromatic carbocycles. The highest BCUT2D eigenvalue weighted by Crippen LogP contribution is 2.26. The third kappa shape index (κ3) is 3.97. The number of rotatable bonds is 6. The Morgan fingerprint density at radius 2 is 2.05 bits per heavy atom. The predicted molar refractivity (Wildman–Crippen MR) is 81.4 cm³/mol. The maximum absolute atomic E-state index is 12.1. The van der Waals surface area contributed by atoms with E-state index in [1.807, 2.05) is 38.1 Å². The van der Waals surface area contributed by atoms with Crippen LogP contribution in [0.3, 0.4) is 0 Å². The van der Waals surface area contributed by atoms with Gasteiger partial charge in [-0.25, -0.2) is 0 Å². The standard InChI is InChI=1S/C16H22N2O3/c1-3-15(19)17-10-12-9-16(20)18(11-12)13-5-7-14(8-6-13)21-4-2/h5-8,12H,3-4,9-11H2,1-2H3,(H,17,19). The fourth-order valence-electron chi connectivity index (χ4n) is 2.44. The second-order valence-electron chi connectivity index (χ2n) is 5.16. The first-order valence-corrected chi connectivity index (χ1v) is 7.44. The number of carbonyl (C=O) groups is 2. The average Bonchev–Trinajstić information content (AvgIpc) is 2.87. The van der Waals surface area contributed by atoms with Gasteiger partial charge in [0.25, 0.3) is 0 Å². The SMILES string of the molecule is CCOc1ccc(N2CC(CNC(=O)CC)CC2=O)cc1. The molecule has 0 radical (unpaired) electrons. The fraction of sp³-hybridized carbons (Fsp3) is 0.500. The van der Waals surface area contributed by atoms with Crippen molar-refractivity contribution in [2.75, 3.05) is 24.6 Å². The average molecular weight is 290 g/mol. The van der Waals surface area contributed by atoms with E-state index < -0.39 is 0 Å². The van der Waals surface area contributed by atoms with Crippen molar-refractivity contribution >= 4 is 17.5 Å². The van der Waals surface area contributed by atoms with Crippen molar-refractivity contribution in [2.45, 2.75) is 26.7 Å². The normalized spacial score (nSPS) is 17.9. The Hall–Kier alpha value is -2.04. The van der Waals surface area contributed by atoms with Gasteiger partial charge < -0.3 is 15.0 Å². The largest absolute Gasteiger partial charge is 0.494 e. The predicted octanol–water partition coefficient (Wildman–Crippen LogP) is 1.96. The zero-order chi connectivity index (χ0) is 15.2. The number of ether oxygens (including phenoxy) is 1. The zero-order valence-electron chi connectivity index (χ0n) is 12.6. The first-order chi connectivity index (χ1) is 10.1. The van der Waals surface area contributed by atoms with E-state index in [4.69, 9.17) is 4.74 Å². The zero-order valence-corrected chi connectivity index (χ0v) is 12.6. The van der Waals surface area contributed by atoms with Crippen LogP contribution in [0.15, 0.2) is 24.3 Å². The summed E-state index contributed by atoms with van der Waals surface area (Å²) in [5.41, 5.74) is 0.882. The number of carbonyl (C=O) groups excluding carboxylic acids is 2. The van der Waals surface area contributed by atoms with Gasteiger partial charge in [-0.05, 0) is 31.2 Å². The minimum absolute atomic E-state index is 0.0296. The minimum atomic E-state index is 0.0296. The second-order valence-corrected chi connectivity index (χ2v) is 5.16. The molecule has 0 bridgehead atoms. The number of amides is 2. The van der Waals surface area contributed by atoms with Crippen LogP contribution in [0, 0.1) is 5.92 Å². The van der Waals surface area contributed by atoms with E-state index in [0.29, 0.717) is 32.5 Å². The van der Waals surface area contributed by atoms with Gasteiger partial charge in [-0.1, -0.05) is 6.92 Å². The van der Waals surface area contributed by atoms with E-state index in [9.17, 15) is 9.59 Å². The van der Waals surface area contributed by atoms with Gasteiger partial charge in [0.1, 0.15) is 5.75 Å². The fourth-order valence-corrected chi connectivity index (χ4v) is 2.44. The van der Waals surface area contributed by atoms with E-state index in [2.05, 4.69) is 5.32 Å². The van der Waals surface area contributed by atoms with Crippen LogP contribution in [0.5, 0.6) is 5.75 Å². The topological polar surface area (TPSA) is 58.6 Å². The van der Waals surface area contributed by atoms with Gasteiger partial charge in [0.05, 0.1) is 6.61 Å². The number of hydrogen-bond donors (Lipinski definition) is 1. The van der Waals surface area contributed by atoms with Gasteiger partial charge in [-0.15, -0.1) is 0 Å². The van der Waals surface area contributed by atoms with Crippen molar-refractivity contribution in [1.82, 2.24) is 5.32 Å². The lowest BCUT2D eigenvalue weighted by molar-refractivity contribution is -0.121. The van der Waals surface area contributed by atoms with Gasteiger partial charge in [0.15, 0.2) is 0 Å². The Labute approximate surface area is 125 Å². The molecule has 0 spiro atoms. The Bertz CT molecular complexity index is 499. The molecule has 1 fully saturated rings. The molecule has 0 aromatic heterocycles. The summed E-state index contributed by atoms with van der Waals surface area (Å²) in [6, 6.07) is 7.54. The van der Waals surface area contributed by atoms with Crippen LogP contribution in [0.4, 0.5) is 5.69 Å². The molecule has 1 aliphatic rings. The third-order valence-electron chi connectivity index (χ3n) is 3.57. The van der Waals surface area contributed by atoms with Crippen molar-refractivity contribution < 1.29 is 14.3 Å². The van der Waals surface area contributed by atoms with Gasteiger partial charge in [-0.2, -0.15) is 0 Å². The van der Waals surface area contributed by atoms with Crippen LogP contribution in [0.2, 0.25) is 0 Å². The summed E-state index contributed by atoms with van der Waals surface area (Å²) in [6.07, 6.45) is 0.959. The number of hydrogen-bond acceptors (Lipinski definition) is 3. The summed E-state index contributed by atoms with van der Waals surface area (Å²) in [7, 11) is 0. The lowest BCUT2D eigenvalue weighted by atomic mass is 10.1. The summed E-state index contributed by atoms with van der Waals surface area (Å²) >= 11 is 0. The lowest BCUT2D eigenvalue weighted by Gasteiger charge is -2.17. The van der Waals surface area contributed by atoms with E-state index >= 15 is 0 Å². The van der Waals surface area contributed by atoms with Crippen LogP contribution >= 0.6 is 0 Å². The second kappa shape index (κ2) is 7.11. The highest BCUT2D eigenvalue weighted by atomic mass is 16.5. The Morgan fingerprint density at radius 3 is 2.67 bits per heavy atom. The molecule has 114 valence electrons. The quantitative estimate of drug-likeness (QED) is 0.871. The number of nitrogens with zero attached hydrogens (tertiary/aromatic N) is 1. The van der Waals surface area contributed by atoms with Crippen molar-refractivity contribution in [1.29, 1.82) is 0 Å². The first-order valence-electron chi connectivity index (χ1n) is 7.44. The maximum atomic E-state index is 12.1. The molecule has 0 saturated carbocycles. The Kier molecular flexibility index (Phi) is 5.20. The molecule has 0 aliphatic carbocycles. The summed E-state index contributed by atoms with van der Waals surface area (Å²) in [6.45, 7) is 5.60. The molecule has 1 atom stereocenters. The monoisotopic (exact) mass is 290 g/mol. The van der Waals surface area contributed by atoms with E-state index in [1.54, 1.807) is 4.90 Å². The number of anilines is 1. The molecule has 1 aromatic rings. The number of benzene rings is 1. The van der Waals surface area contributed by atoms with E-state index in [0.717, 1.165) is 11.4 Å². The number of nitrogens with one attached hydrogen (secondary N) is 1. The molecule has 2 amide bonds. The van der Waals surface area contributed by atoms with Crippen LogP contribution in [0.25, 0.3) is 0 Å². The molecule has 1 aliphatic heterocycles. The molecule has 1 heterocycles. The van der Waals surface area contributed by atoms with Crippen molar-refractivity contribution in [3.8, 4) is 5.75 Å². The smallest absolute Gasteiger partial charge is 0.227 e. The van der Waals surface area contributed by atoms with Crippen molar-refractivity contribution in [2.24, 2.45) is 5.92 Å². The van der Waals surface area contributed by atoms with Crippen molar-refractivity contribution in [3.63, 3.8) is 0 Å². The van der Waals surface area contributed by atoms with Crippen molar-refractivity contribution in [3.05, 3.63) is 24.3 Å². The summed E-state index contributed by atoms with van der Waals surface area (Å²) in [4.78, 5) is 25.1. The van der Waals surface area contributed by atoms with E-state index in [-0.39, 0.29) is 17.7 Å².